The zero-order valence-corrected chi connectivity index (χ0v) is 10.7. The molecule has 3 atom stereocenters. The Morgan fingerprint density at radius 2 is 2.11 bits per heavy atom. The summed E-state index contributed by atoms with van der Waals surface area (Å²) in [4.78, 5) is 35.7. The number of aliphatic carboxylic acids is 1. The second-order valence-corrected chi connectivity index (χ2v) is 4.51. The van der Waals surface area contributed by atoms with Gasteiger partial charge in [-0.15, -0.1) is 0 Å². The number of likely N-dealkylation sites (tertiary alicyclic amines) is 1. The summed E-state index contributed by atoms with van der Waals surface area (Å²) in [7, 11) is 0. The van der Waals surface area contributed by atoms with Gasteiger partial charge in [-0.05, 0) is 19.8 Å². The van der Waals surface area contributed by atoms with Gasteiger partial charge in [0.25, 0.3) is 0 Å². The third kappa shape index (κ3) is 3.65. The molecule has 0 radical (unpaired) electrons. The molecule has 0 aliphatic carbocycles. The SMILES string of the molecule is CC(O)C(NC(=O)C1CCCN1C(=O)CN)C(=O)O. The van der Waals surface area contributed by atoms with Crippen molar-refractivity contribution in [3.8, 4) is 0 Å². The molecular formula is C11H19N3O5. The number of rotatable bonds is 5. The first-order chi connectivity index (χ1) is 8.88. The van der Waals surface area contributed by atoms with Crippen molar-refractivity contribution in [1.29, 1.82) is 0 Å². The Balaban J connectivity index is 2.71. The Kier molecular flexibility index (Phi) is 5.25. The number of nitrogens with zero attached hydrogens (tertiary/aromatic N) is 1. The lowest BCUT2D eigenvalue weighted by Crippen LogP contribution is -2.54. The smallest absolute Gasteiger partial charge is 0.328 e. The second-order valence-electron chi connectivity index (χ2n) is 4.51. The minimum absolute atomic E-state index is 0.192. The van der Waals surface area contributed by atoms with E-state index in [1.165, 1.54) is 11.8 Å². The molecule has 108 valence electrons. The second kappa shape index (κ2) is 6.48. The number of nitrogens with one attached hydrogen (secondary N) is 1. The van der Waals surface area contributed by atoms with Gasteiger partial charge in [0.2, 0.25) is 11.8 Å². The Hall–Kier alpha value is -1.67. The van der Waals surface area contributed by atoms with Crippen LogP contribution in [0.3, 0.4) is 0 Å². The molecule has 1 fully saturated rings. The van der Waals surface area contributed by atoms with E-state index in [9.17, 15) is 19.5 Å². The minimum atomic E-state index is -1.39. The van der Waals surface area contributed by atoms with E-state index >= 15 is 0 Å². The average Bonchev–Trinajstić information content (AvgIpc) is 2.82. The highest BCUT2D eigenvalue weighted by atomic mass is 16.4. The first-order valence-corrected chi connectivity index (χ1v) is 6.09. The standard InChI is InChI=1S/C11H19N3O5/c1-6(15)9(11(18)19)13-10(17)7-3-2-4-14(7)8(16)5-12/h6-7,9,15H,2-5,12H2,1H3,(H,13,17)(H,18,19). The highest BCUT2D eigenvalue weighted by Crippen LogP contribution is 2.17. The van der Waals surface area contributed by atoms with Crippen molar-refractivity contribution in [2.45, 2.75) is 38.0 Å². The Bertz CT molecular complexity index is 371. The summed E-state index contributed by atoms with van der Waals surface area (Å²) < 4.78 is 0. The number of aliphatic hydroxyl groups is 1. The van der Waals surface area contributed by atoms with E-state index in [1.807, 2.05) is 0 Å². The predicted octanol–water partition coefficient (Wildman–Crippen LogP) is -2.11. The van der Waals surface area contributed by atoms with Crippen LogP contribution in [-0.4, -0.2) is 64.2 Å². The molecule has 1 rings (SSSR count). The number of carboxylic acid groups (broad SMARTS) is 1. The molecule has 3 unspecified atom stereocenters. The molecule has 19 heavy (non-hydrogen) atoms. The van der Waals surface area contributed by atoms with Gasteiger partial charge in [0.1, 0.15) is 6.04 Å². The van der Waals surface area contributed by atoms with Crippen LogP contribution < -0.4 is 11.1 Å². The molecule has 0 bridgehead atoms. The quantitative estimate of drug-likeness (QED) is 0.453. The summed E-state index contributed by atoms with van der Waals surface area (Å²) in [5.74, 6) is -2.24. The minimum Gasteiger partial charge on any atom is -0.480 e. The number of carbonyl (C=O) groups excluding carboxylic acids is 2. The van der Waals surface area contributed by atoms with Crippen molar-refractivity contribution in [3.63, 3.8) is 0 Å². The molecule has 1 saturated heterocycles. The number of nitrogens with two attached hydrogens (primary N) is 1. The Labute approximate surface area is 110 Å². The van der Waals surface area contributed by atoms with Crippen LogP contribution in [0, 0.1) is 0 Å². The van der Waals surface area contributed by atoms with Crippen LogP contribution in [0.2, 0.25) is 0 Å². The van der Waals surface area contributed by atoms with Crippen LogP contribution >= 0.6 is 0 Å². The Morgan fingerprint density at radius 1 is 1.47 bits per heavy atom. The maximum atomic E-state index is 12.0. The number of hydrogen-bond acceptors (Lipinski definition) is 5. The first kappa shape index (κ1) is 15.4. The molecule has 8 heteroatoms. The van der Waals surface area contributed by atoms with Gasteiger partial charge in [-0.1, -0.05) is 0 Å². The van der Waals surface area contributed by atoms with Crippen LogP contribution in [0.5, 0.6) is 0 Å². The highest BCUT2D eigenvalue weighted by molar-refractivity contribution is 5.91. The monoisotopic (exact) mass is 273 g/mol. The normalized spacial score (nSPS) is 21.8. The molecule has 5 N–H and O–H groups in total. The van der Waals surface area contributed by atoms with E-state index in [-0.39, 0.29) is 12.5 Å². The van der Waals surface area contributed by atoms with E-state index in [0.717, 1.165) is 0 Å². The molecule has 8 nitrogen and oxygen atoms in total. The molecule has 2 amide bonds. The summed E-state index contributed by atoms with van der Waals surface area (Å²) in [6.07, 6.45) is -0.0959. The predicted molar refractivity (Wildman–Crippen MR) is 65.0 cm³/mol. The van der Waals surface area contributed by atoms with Gasteiger partial charge in [-0.2, -0.15) is 0 Å². The van der Waals surface area contributed by atoms with Crippen LogP contribution in [0.25, 0.3) is 0 Å². The fraction of sp³-hybridized carbons (Fsp3) is 0.727. The van der Waals surface area contributed by atoms with Crippen molar-refractivity contribution < 1.29 is 24.6 Å². The zero-order chi connectivity index (χ0) is 14.6. The number of hydrogen-bond donors (Lipinski definition) is 4. The van der Waals surface area contributed by atoms with Crippen molar-refractivity contribution in [3.05, 3.63) is 0 Å². The maximum Gasteiger partial charge on any atom is 0.328 e. The number of carbonyl (C=O) groups is 3. The lowest BCUT2D eigenvalue weighted by atomic mass is 10.1. The summed E-state index contributed by atoms with van der Waals surface area (Å²) >= 11 is 0. The van der Waals surface area contributed by atoms with E-state index in [2.05, 4.69) is 5.32 Å². The third-order valence-electron chi connectivity index (χ3n) is 3.10. The van der Waals surface area contributed by atoms with Gasteiger partial charge in [-0.25, -0.2) is 4.79 Å². The largest absolute Gasteiger partial charge is 0.480 e. The number of amides is 2. The maximum absolute atomic E-state index is 12.0. The summed E-state index contributed by atoms with van der Waals surface area (Å²) in [6.45, 7) is 1.51. The molecule has 1 aliphatic heterocycles. The fourth-order valence-corrected chi connectivity index (χ4v) is 2.09. The van der Waals surface area contributed by atoms with Crippen molar-refractivity contribution in [2.75, 3.05) is 13.1 Å². The van der Waals surface area contributed by atoms with Crippen LogP contribution in [0.15, 0.2) is 0 Å². The molecule has 0 spiro atoms. The van der Waals surface area contributed by atoms with Gasteiger partial charge >= 0.3 is 5.97 Å². The lowest BCUT2D eigenvalue weighted by molar-refractivity contribution is -0.146. The highest BCUT2D eigenvalue weighted by Gasteiger charge is 2.36. The van der Waals surface area contributed by atoms with Gasteiger partial charge in [0.15, 0.2) is 6.04 Å². The summed E-state index contributed by atoms with van der Waals surface area (Å²) in [6, 6.07) is -2.10. The summed E-state index contributed by atoms with van der Waals surface area (Å²) in [5.41, 5.74) is 5.25. The van der Waals surface area contributed by atoms with Gasteiger partial charge in [-0.3, -0.25) is 9.59 Å². The van der Waals surface area contributed by atoms with Crippen LogP contribution in [0.4, 0.5) is 0 Å². The molecule has 1 aliphatic rings. The molecule has 1 heterocycles. The van der Waals surface area contributed by atoms with E-state index in [0.29, 0.717) is 19.4 Å². The van der Waals surface area contributed by atoms with E-state index < -0.39 is 30.1 Å². The number of carboxylic acids is 1. The lowest BCUT2D eigenvalue weighted by Gasteiger charge is -2.25. The molecule has 0 aromatic rings. The van der Waals surface area contributed by atoms with Gasteiger partial charge in [0, 0.05) is 6.54 Å². The first-order valence-electron chi connectivity index (χ1n) is 6.09. The van der Waals surface area contributed by atoms with Crippen molar-refractivity contribution >= 4 is 17.8 Å². The number of aliphatic hydroxyl groups excluding tert-OH is 1. The molecule has 0 aromatic carbocycles. The fourth-order valence-electron chi connectivity index (χ4n) is 2.09. The van der Waals surface area contributed by atoms with Crippen LogP contribution in [0.1, 0.15) is 19.8 Å². The van der Waals surface area contributed by atoms with Crippen molar-refractivity contribution in [1.82, 2.24) is 10.2 Å². The summed E-state index contributed by atoms with van der Waals surface area (Å²) in [5, 5.41) is 20.4. The third-order valence-corrected chi connectivity index (χ3v) is 3.10. The van der Waals surface area contributed by atoms with Gasteiger partial charge < -0.3 is 26.2 Å². The van der Waals surface area contributed by atoms with Crippen LogP contribution in [-0.2, 0) is 14.4 Å². The average molecular weight is 273 g/mol. The zero-order valence-electron chi connectivity index (χ0n) is 10.7. The molecular weight excluding hydrogens is 254 g/mol. The molecule has 0 aromatic heterocycles. The molecule has 0 saturated carbocycles. The Morgan fingerprint density at radius 3 is 2.58 bits per heavy atom. The van der Waals surface area contributed by atoms with E-state index in [1.54, 1.807) is 0 Å². The van der Waals surface area contributed by atoms with E-state index in [4.69, 9.17) is 10.8 Å². The van der Waals surface area contributed by atoms with Gasteiger partial charge in [0.05, 0.1) is 12.6 Å². The topological polar surface area (TPSA) is 133 Å². The van der Waals surface area contributed by atoms with Crippen molar-refractivity contribution in [2.24, 2.45) is 5.73 Å².